The number of benzene rings is 1. The Kier molecular flexibility index (Phi) is 3.94. The zero-order valence-corrected chi connectivity index (χ0v) is 14.2. The second-order valence-electron chi connectivity index (χ2n) is 7.21. The number of fused-ring (bicyclic) bond motifs is 1. The molecule has 1 saturated heterocycles. The van der Waals surface area contributed by atoms with Crippen LogP contribution in [-0.4, -0.2) is 35.7 Å². The predicted molar refractivity (Wildman–Crippen MR) is 92.2 cm³/mol. The van der Waals surface area contributed by atoms with E-state index in [0.717, 1.165) is 18.4 Å². The Morgan fingerprint density at radius 1 is 1.08 bits per heavy atom. The third kappa shape index (κ3) is 2.49. The molecule has 1 aromatic carbocycles. The van der Waals surface area contributed by atoms with Gasteiger partial charge < -0.3 is 5.32 Å². The minimum atomic E-state index is -0.780. The summed E-state index contributed by atoms with van der Waals surface area (Å²) in [5.74, 6) is -0.906. The molecule has 0 spiro atoms. The van der Waals surface area contributed by atoms with Crippen molar-refractivity contribution in [2.75, 3.05) is 7.05 Å². The number of carbonyl (C=O) groups excluding carboxylic acids is 3. The molecule has 3 amide bonds. The molecule has 5 heteroatoms. The Morgan fingerprint density at radius 2 is 1.64 bits per heavy atom. The predicted octanol–water partition coefficient (Wildman–Crippen LogP) is 1.54. The van der Waals surface area contributed by atoms with Crippen molar-refractivity contribution in [2.24, 2.45) is 23.7 Å². The van der Waals surface area contributed by atoms with Crippen LogP contribution in [0.5, 0.6) is 0 Å². The summed E-state index contributed by atoms with van der Waals surface area (Å²) in [6.45, 7) is 0. The molecule has 3 aliphatic carbocycles. The van der Waals surface area contributed by atoms with Crippen LogP contribution in [0.15, 0.2) is 42.5 Å². The fourth-order valence-electron chi connectivity index (χ4n) is 4.71. The highest BCUT2D eigenvalue weighted by Crippen LogP contribution is 2.50. The van der Waals surface area contributed by atoms with Crippen LogP contribution in [0.1, 0.15) is 18.4 Å². The van der Waals surface area contributed by atoms with Gasteiger partial charge in [0, 0.05) is 13.5 Å². The topological polar surface area (TPSA) is 66.5 Å². The lowest BCUT2D eigenvalue weighted by atomic mass is 9.63. The van der Waals surface area contributed by atoms with Crippen molar-refractivity contribution in [1.29, 1.82) is 0 Å². The number of likely N-dealkylation sites (N-methyl/N-ethyl adjacent to an activating group) is 1. The molecule has 2 bridgehead atoms. The van der Waals surface area contributed by atoms with Gasteiger partial charge in [0.05, 0.1) is 11.8 Å². The summed E-state index contributed by atoms with van der Waals surface area (Å²) < 4.78 is 0. The zero-order chi connectivity index (χ0) is 17.6. The van der Waals surface area contributed by atoms with Crippen molar-refractivity contribution in [2.45, 2.75) is 25.3 Å². The van der Waals surface area contributed by atoms with Crippen LogP contribution >= 0.6 is 0 Å². The van der Waals surface area contributed by atoms with E-state index in [1.165, 1.54) is 4.90 Å². The summed E-state index contributed by atoms with van der Waals surface area (Å²) in [5, 5.41) is 2.62. The average molecular weight is 338 g/mol. The van der Waals surface area contributed by atoms with Gasteiger partial charge in [-0.3, -0.25) is 19.3 Å². The molecule has 5 nitrogen and oxygen atoms in total. The van der Waals surface area contributed by atoms with E-state index in [-0.39, 0.29) is 41.4 Å². The molecule has 5 atom stereocenters. The molecule has 1 aliphatic heterocycles. The van der Waals surface area contributed by atoms with Crippen molar-refractivity contribution in [1.82, 2.24) is 10.2 Å². The molecule has 0 radical (unpaired) electrons. The Balaban J connectivity index is 1.67. The number of nitrogens with zero attached hydrogens (tertiary/aromatic N) is 1. The highest BCUT2D eigenvalue weighted by atomic mass is 16.2. The third-order valence-corrected chi connectivity index (χ3v) is 5.93. The molecule has 1 saturated carbocycles. The SMILES string of the molecule is CNC(=O)C(Cc1ccccc1)N1C(=O)C2C3C=CC(CC3)C2C1=O. The number of amides is 3. The molecule has 0 aromatic heterocycles. The second kappa shape index (κ2) is 6.14. The Bertz CT molecular complexity index is 711. The molecule has 130 valence electrons. The zero-order valence-electron chi connectivity index (χ0n) is 14.2. The maximum Gasteiger partial charge on any atom is 0.243 e. The Morgan fingerprint density at radius 3 is 2.12 bits per heavy atom. The first-order valence-corrected chi connectivity index (χ1v) is 8.92. The van der Waals surface area contributed by atoms with Crippen LogP contribution in [-0.2, 0) is 20.8 Å². The summed E-state index contributed by atoms with van der Waals surface area (Å²) in [6, 6.07) is 8.75. The lowest BCUT2D eigenvalue weighted by Gasteiger charge is -2.38. The second-order valence-corrected chi connectivity index (χ2v) is 7.21. The first kappa shape index (κ1) is 16.1. The van der Waals surface area contributed by atoms with Gasteiger partial charge in [-0.05, 0) is 30.2 Å². The molecule has 1 N–H and O–H groups in total. The van der Waals surface area contributed by atoms with E-state index in [2.05, 4.69) is 17.5 Å². The maximum absolute atomic E-state index is 13.1. The lowest BCUT2D eigenvalue weighted by Crippen LogP contribution is -2.50. The molecular formula is C20H22N2O3. The van der Waals surface area contributed by atoms with Gasteiger partial charge in [-0.1, -0.05) is 42.5 Å². The van der Waals surface area contributed by atoms with E-state index in [0.29, 0.717) is 6.42 Å². The smallest absolute Gasteiger partial charge is 0.243 e. The molecule has 2 fully saturated rings. The number of nitrogens with one attached hydrogen (secondary N) is 1. The number of rotatable bonds is 4. The van der Waals surface area contributed by atoms with Crippen LogP contribution in [0.4, 0.5) is 0 Å². The summed E-state index contributed by atoms with van der Waals surface area (Å²) >= 11 is 0. The highest BCUT2D eigenvalue weighted by Gasteiger charge is 2.58. The van der Waals surface area contributed by atoms with E-state index in [1.807, 2.05) is 30.3 Å². The van der Waals surface area contributed by atoms with Crippen LogP contribution in [0.3, 0.4) is 0 Å². The first-order valence-electron chi connectivity index (χ1n) is 8.92. The van der Waals surface area contributed by atoms with Gasteiger partial charge in [-0.2, -0.15) is 0 Å². The van der Waals surface area contributed by atoms with Crippen LogP contribution in [0.25, 0.3) is 0 Å². The molecular weight excluding hydrogens is 316 g/mol. The number of allylic oxidation sites excluding steroid dienone is 2. The summed E-state index contributed by atoms with van der Waals surface area (Å²) in [6.07, 6.45) is 6.45. The minimum Gasteiger partial charge on any atom is -0.357 e. The fourth-order valence-corrected chi connectivity index (χ4v) is 4.71. The largest absolute Gasteiger partial charge is 0.357 e. The molecule has 5 unspecified atom stereocenters. The van der Waals surface area contributed by atoms with E-state index >= 15 is 0 Å². The van der Waals surface area contributed by atoms with Gasteiger partial charge in [0.25, 0.3) is 0 Å². The number of hydrogen-bond donors (Lipinski definition) is 1. The van der Waals surface area contributed by atoms with Crippen LogP contribution in [0.2, 0.25) is 0 Å². The van der Waals surface area contributed by atoms with Crippen molar-refractivity contribution >= 4 is 17.7 Å². The standard InChI is InChI=1S/C20H22N2O3/c1-21-18(23)15(11-12-5-3-2-4-6-12)22-19(24)16-13-7-8-14(10-9-13)17(16)20(22)25/h2-8,13-17H,9-11H2,1H3,(H,21,23). The van der Waals surface area contributed by atoms with Gasteiger partial charge in [0.2, 0.25) is 17.7 Å². The van der Waals surface area contributed by atoms with Crippen LogP contribution < -0.4 is 5.32 Å². The van der Waals surface area contributed by atoms with Crippen molar-refractivity contribution < 1.29 is 14.4 Å². The van der Waals surface area contributed by atoms with Crippen LogP contribution in [0, 0.1) is 23.7 Å². The monoisotopic (exact) mass is 338 g/mol. The van der Waals surface area contributed by atoms with E-state index in [1.54, 1.807) is 7.05 Å². The molecule has 1 aromatic rings. The maximum atomic E-state index is 13.1. The van der Waals surface area contributed by atoms with Gasteiger partial charge in [-0.25, -0.2) is 0 Å². The van der Waals surface area contributed by atoms with E-state index in [4.69, 9.17) is 0 Å². The van der Waals surface area contributed by atoms with Gasteiger partial charge in [0.1, 0.15) is 6.04 Å². The minimum absolute atomic E-state index is 0.138. The highest BCUT2D eigenvalue weighted by molar-refractivity contribution is 6.09. The number of hydrogen-bond acceptors (Lipinski definition) is 3. The van der Waals surface area contributed by atoms with Gasteiger partial charge in [0.15, 0.2) is 0 Å². The van der Waals surface area contributed by atoms with Gasteiger partial charge >= 0.3 is 0 Å². The molecule has 1 heterocycles. The van der Waals surface area contributed by atoms with Gasteiger partial charge in [-0.15, -0.1) is 0 Å². The fraction of sp³-hybridized carbons (Fsp3) is 0.450. The summed E-state index contributed by atoms with van der Waals surface area (Å²) in [5.41, 5.74) is 0.938. The first-order chi connectivity index (χ1) is 12.1. The van der Waals surface area contributed by atoms with Crippen molar-refractivity contribution in [3.8, 4) is 0 Å². The number of carbonyl (C=O) groups is 3. The number of likely N-dealkylation sites (tertiary alicyclic amines) is 1. The third-order valence-electron chi connectivity index (χ3n) is 5.93. The number of imide groups is 1. The molecule has 25 heavy (non-hydrogen) atoms. The van der Waals surface area contributed by atoms with Crippen molar-refractivity contribution in [3.05, 3.63) is 48.0 Å². The average Bonchev–Trinajstić information content (AvgIpc) is 2.94. The molecule has 5 rings (SSSR count). The Hall–Kier alpha value is -2.43. The summed E-state index contributed by atoms with van der Waals surface area (Å²) in [4.78, 5) is 39.9. The normalized spacial score (nSPS) is 31.2. The van der Waals surface area contributed by atoms with E-state index < -0.39 is 6.04 Å². The lowest BCUT2D eigenvalue weighted by molar-refractivity contribution is -0.148. The summed E-state index contributed by atoms with van der Waals surface area (Å²) in [7, 11) is 1.55. The molecule has 4 aliphatic rings. The van der Waals surface area contributed by atoms with E-state index in [9.17, 15) is 14.4 Å². The Labute approximate surface area is 147 Å². The quantitative estimate of drug-likeness (QED) is 0.669. The van der Waals surface area contributed by atoms with Crippen molar-refractivity contribution in [3.63, 3.8) is 0 Å².